The number of anilines is 2. The Morgan fingerprint density at radius 2 is 0.618 bits per heavy atom. The summed E-state index contributed by atoms with van der Waals surface area (Å²) in [6, 6.07) is 30.9. The van der Waals surface area contributed by atoms with Crippen LogP contribution in [0.5, 0.6) is 0 Å². The fourth-order valence-corrected chi connectivity index (χ4v) is 8.07. The smallest absolute Gasteiger partial charge is 0.335 e. The fraction of sp³-hybridized carbons (Fsp3) is 0. The van der Waals surface area contributed by atoms with E-state index in [9.17, 15) is 70.3 Å². The minimum absolute atomic E-state index is 0.0904. The Hall–Kier alpha value is -10.4. The van der Waals surface area contributed by atoms with Crippen LogP contribution in [0, 0.1) is 0 Å². The number of urea groups is 1. The van der Waals surface area contributed by atoms with Crippen molar-refractivity contribution in [3.8, 4) is 0 Å². The number of carboxylic acids is 4. The molecule has 0 aromatic heterocycles. The number of hydrogen-bond donors (Lipinski definition) is 8. The Morgan fingerprint density at radius 1 is 0.329 bits per heavy atom. The number of amides is 2. The first kappa shape index (κ1) is 52.0. The Morgan fingerprint density at radius 3 is 0.908 bits per heavy atom. The van der Waals surface area contributed by atoms with Gasteiger partial charge in [-0.2, -0.15) is 37.3 Å². The van der Waals surface area contributed by atoms with Crippen LogP contribution in [0.15, 0.2) is 196 Å². The minimum atomic E-state index is -4.67. The first-order valence-corrected chi connectivity index (χ1v) is 24.2. The first-order valence-electron chi connectivity index (χ1n) is 21.3. The van der Waals surface area contributed by atoms with Gasteiger partial charge in [0.05, 0.1) is 77.5 Å². The van der Waals surface area contributed by atoms with Gasteiger partial charge in [-0.15, -0.1) is 20.5 Å². The van der Waals surface area contributed by atoms with E-state index in [1.165, 1.54) is 84.9 Å². The molecule has 0 aliphatic rings. The molecule has 0 saturated heterocycles. The van der Waals surface area contributed by atoms with Crippen LogP contribution in [0.1, 0.15) is 41.4 Å². The maximum atomic E-state index is 12.9. The number of fused-ring (bicyclic) bond motifs is 2. The van der Waals surface area contributed by atoms with Crippen molar-refractivity contribution in [3.63, 3.8) is 0 Å². The summed E-state index contributed by atoms with van der Waals surface area (Å²) in [4.78, 5) is 58.3. The molecule has 8 aromatic carbocycles. The second-order valence-electron chi connectivity index (χ2n) is 15.8. The Balaban J connectivity index is 0.945. The lowest BCUT2D eigenvalue weighted by Crippen LogP contribution is -2.19. The van der Waals surface area contributed by atoms with Crippen LogP contribution in [-0.2, 0) is 20.2 Å². The number of benzene rings is 8. The normalized spacial score (nSPS) is 12.0. The number of carboxylic acid groups (broad SMARTS) is 4. The van der Waals surface area contributed by atoms with Gasteiger partial charge in [0, 0.05) is 32.9 Å². The van der Waals surface area contributed by atoms with E-state index in [-0.39, 0.29) is 77.9 Å². The predicted octanol–water partition coefficient (Wildman–Crippen LogP) is 12.6. The molecule has 0 radical (unpaired) electrons. The number of azo groups is 4. The number of hydrogen-bond acceptors (Lipinski definition) is 17. The summed E-state index contributed by atoms with van der Waals surface area (Å²) in [6.07, 6.45) is 0. The van der Waals surface area contributed by atoms with E-state index in [1.54, 1.807) is 0 Å². The van der Waals surface area contributed by atoms with Crippen LogP contribution < -0.4 is 10.6 Å². The molecule has 380 valence electrons. The number of nitrogens with one attached hydrogen (secondary N) is 2. The van der Waals surface area contributed by atoms with Gasteiger partial charge >= 0.3 is 29.9 Å². The molecule has 0 atom stereocenters. The van der Waals surface area contributed by atoms with Crippen LogP contribution >= 0.6 is 0 Å². The summed E-state index contributed by atoms with van der Waals surface area (Å²) in [5.41, 5.74) is 0.320. The highest BCUT2D eigenvalue weighted by Crippen LogP contribution is 2.39. The molecule has 0 spiro atoms. The largest absolute Gasteiger partial charge is 0.478 e. The summed E-state index contributed by atoms with van der Waals surface area (Å²) < 4.78 is 67.8. The highest BCUT2D eigenvalue weighted by molar-refractivity contribution is 7.86. The van der Waals surface area contributed by atoms with Crippen molar-refractivity contribution in [2.24, 2.45) is 40.9 Å². The van der Waals surface area contributed by atoms with E-state index in [1.807, 2.05) is 0 Å². The molecule has 8 aromatic rings. The molecule has 0 bridgehead atoms. The zero-order chi connectivity index (χ0) is 54.5. The topological polar surface area (TPSA) is 398 Å². The number of nitrogens with zero attached hydrogens (tertiary/aromatic N) is 8. The minimum Gasteiger partial charge on any atom is -0.478 e. The van der Waals surface area contributed by atoms with Crippen molar-refractivity contribution in [2.75, 3.05) is 10.6 Å². The summed E-state index contributed by atoms with van der Waals surface area (Å²) in [5, 5.41) is 77.1. The molecule has 76 heavy (non-hydrogen) atoms. The molecule has 0 aliphatic heterocycles. The lowest BCUT2D eigenvalue weighted by atomic mass is 10.1. The molecule has 0 fully saturated rings. The molecular formula is C49H32N10O15S2. The summed E-state index contributed by atoms with van der Waals surface area (Å²) in [7, 11) is -9.35. The fourth-order valence-electron chi connectivity index (χ4n) is 7.06. The van der Waals surface area contributed by atoms with Crippen LogP contribution in [0.4, 0.5) is 61.7 Å². The average molecular weight is 1060 g/mol. The average Bonchev–Trinajstić information content (AvgIpc) is 3.39. The van der Waals surface area contributed by atoms with E-state index in [0.29, 0.717) is 22.7 Å². The van der Waals surface area contributed by atoms with Crippen molar-refractivity contribution in [2.45, 2.75) is 9.79 Å². The number of rotatable bonds is 16. The van der Waals surface area contributed by atoms with Crippen molar-refractivity contribution in [1.29, 1.82) is 0 Å². The van der Waals surface area contributed by atoms with Crippen LogP contribution in [0.25, 0.3) is 21.5 Å². The van der Waals surface area contributed by atoms with E-state index >= 15 is 0 Å². The van der Waals surface area contributed by atoms with Crippen LogP contribution in [-0.4, -0.2) is 76.3 Å². The van der Waals surface area contributed by atoms with Gasteiger partial charge < -0.3 is 31.1 Å². The summed E-state index contributed by atoms with van der Waals surface area (Å²) in [5.74, 6) is -5.56. The van der Waals surface area contributed by atoms with Crippen LogP contribution in [0.2, 0.25) is 0 Å². The molecule has 25 nitrogen and oxygen atoms in total. The van der Waals surface area contributed by atoms with Crippen molar-refractivity contribution in [3.05, 3.63) is 168 Å². The zero-order valence-corrected chi connectivity index (χ0v) is 39.7. The lowest BCUT2D eigenvalue weighted by molar-refractivity contribution is 0.0676. The van der Waals surface area contributed by atoms with E-state index in [4.69, 9.17) is 0 Å². The Labute approximate surface area is 426 Å². The van der Waals surface area contributed by atoms with Gasteiger partial charge in [0.1, 0.15) is 0 Å². The SMILES string of the molecule is O=C(Nc1ccc(N=Nc2ccc(N=Nc3cc(C(=O)O)cc(C(=O)O)c3)c3ccc(S(=O)(=O)O)cc23)cc1)Nc1ccc(N=Nc2ccc(N=Nc3cc(C(=O)O)cc(C(=O)O)c3)c3ccc(S(=O)(=O)O)cc23)cc1. The van der Waals surface area contributed by atoms with Crippen LogP contribution in [0.3, 0.4) is 0 Å². The van der Waals surface area contributed by atoms with Crippen molar-refractivity contribution in [1.82, 2.24) is 0 Å². The summed E-state index contributed by atoms with van der Waals surface area (Å²) >= 11 is 0. The third-order valence-corrected chi connectivity index (χ3v) is 12.3. The van der Waals surface area contributed by atoms with Gasteiger partial charge in [-0.1, -0.05) is 12.1 Å². The number of carbonyl (C=O) groups excluding carboxylic acids is 1. The molecule has 0 aliphatic carbocycles. The van der Waals surface area contributed by atoms with E-state index < -0.39 is 59.9 Å². The molecule has 0 unspecified atom stereocenters. The Kier molecular flexibility index (Phi) is 14.6. The van der Waals surface area contributed by atoms with Gasteiger partial charge in [0.2, 0.25) is 0 Å². The van der Waals surface area contributed by atoms with Gasteiger partial charge in [-0.25, -0.2) is 24.0 Å². The Bertz CT molecular complexity index is 3770. The standard InChI is InChI=1S/C49H32N10O15S2/c60-45(61)25-17-26(46(62)63)20-33(19-25)54-56-41-13-15-43(39-23-35(75(69,70)71)9-11-37(39)41)58-52-31-5-1-29(2-6-31)50-49(68)51-30-3-7-32(8-4-30)53-59-44-16-14-42(38-12-10-36(24-40(38)44)76(72,73)74)57-55-34-21-27(47(64)65)18-28(22-34)48(66)67/h1-24H,(H,60,61)(H,62,63)(H,64,65)(H,66,67)(H2,50,51,68)(H,69,70,71)(H,72,73,74). The molecule has 0 saturated carbocycles. The lowest BCUT2D eigenvalue weighted by Gasteiger charge is -2.08. The third-order valence-electron chi connectivity index (χ3n) is 10.6. The van der Waals surface area contributed by atoms with Crippen molar-refractivity contribution < 1.29 is 70.3 Å². The van der Waals surface area contributed by atoms with Gasteiger partial charge in [-0.3, -0.25) is 9.11 Å². The second kappa shape index (κ2) is 21.4. The van der Waals surface area contributed by atoms with E-state index in [0.717, 1.165) is 60.7 Å². The second-order valence-corrected chi connectivity index (χ2v) is 18.6. The van der Waals surface area contributed by atoms with Gasteiger partial charge in [0.25, 0.3) is 20.2 Å². The first-order chi connectivity index (χ1) is 36.1. The van der Waals surface area contributed by atoms with Gasteiger partial charge in [0.15, 0.2) is 0 Å². The highest BCUT2D eigenvalue weighted by atomic mass is 32.2. The van der Waals surface area contributed by atoms with Crippen molar-refractivity contribution >= 4 is 129 Å². The van der Waals surface area contributed by atoms with E-state index in [2.05, 4.69) is 51.5 Å². The maximum absolute atomic E-state index is 12.9. The monoisotopic (exact) mass is 1060 g/mol. The highest BCUT2D eigenvalue weighted by Gasteiger charge is 2.18. The number of carbonyl (C=O) groups is 5. The quantitative estimate of drug-likeness (QED) is 0.0329. The molecule has 0 heterocycles. The predicted molar refractivity (Wildman–Crippen MR) is 270 cm³/mol. The number of aromatic carboxylic acids is 4. The summed E-state index contributed by atoms with van der Waals surface area (Å²) in [6.45, 7) is 0. The third kappa shape index (κ3) is 12.5. The maximum Gasteiger partial charge on any atom is 0.335 e. The zero-order valence-electron chi connectivity index (χ0n) is 38.1. The molecular weight excluding hydrogens is 1030 g/mol. The van der Waals surface area contributed by atoms with Gasteiger partial charge in [-0.05, 0) is 133 Å². The molecule has 8 N–H and O–H groups in total. The molecule has 8 rings (SSSR count). The molecule has 2 amide bonds. The molecule has 27 heteroatoms.